The Morgan fingerprint density at radius 1 is 0.714 bits per heavy atom. The van der Waals surface area contributed by atoms with Crippen molar-refractivity contribution < 1.29 is 9.59 Å². The fourth-order valence-corrected chi connectivity index (χ4v) is 4.48. The summed E-state index contributed by atoms with van der Waals surface area (Å²) in [6.45, 7) is 3.84. The Kier molecular flexibility index (Phi) is 5.49. The summed E-state index contributed by atoms with van der Waals surface area (Å²) in [6.07, 6.45) is 0. The minimum atomic E-state index is -0.0948. The quantitative estimate of drug-likeness (QED) is 0.584. The van der Waals surface area contributed by atoms with Gasteiger partial charge in [-0.1, -0.05) is 0 Å². The van der Waals surface area contributed by atoms with Crippen LogP contribution in [-0.2, 0) is 0 Å². The summed E-state index contributed by atoms with van der Waals surface area (Å²) < 4.78 is 0. The Morgan fingerprint density at radius 2 is 1.05 bits per heavy atom. The summed E-state index contributed by atoms with van der Waals surface area (Å²) in [7, 11) is 0. The van der Waals surface area contributed by atoms with Gasteiger partial charge in [-0.2, -0.15) is 0 Å². The SMILES string of the molecule is CC([Se]C(C)C(=O)c1ccccc1)C(=O)c1ccccc1. The monoisotopic (exact) mass is 346 g/mol. The van der Waals surface area contributed by atoms with Crippen molar-refractivity contribution in [3.8, 4) is 0 Å². The van der Waals surface area contributed by atoms with E-state index < -0.39 is 0 Å². The summed E-state index contributed by atoms with van der Waals surface area (Å²) in [5.41, 5.74) is 1.46. The molecular formula is C18H18O2Se. The maximum absolute atomic E-state index is 12.3. The second-order valence-electron chi connectivity index (χ2n) is 4.88. The summed E-state index contributed by atoms with van der Waals surface area (Å²) in [5, 5.41) is 0. The first kappa shape index (κ1) is 15.7. The van der Waals surface area contributed by atoms with Crippen LogP contribution in [0.25, 0.3) is 0 Å². The van der Waals surface area contributed by atoms with Crippen LogP contribution in [0.2, 0.25) is 9.63 Å². The van der Waals surface area contributed by atoms with Crippen molar-refractivity contribution in [1.82, 2.24) is 0 Å². The van der Waals surface area contributed by atoms with E-state index in [0.29, 0.717) is 0 Å². The van der Waals surface area contributed by atoms with Crippen molar-refractivity contribution in [3.05, 3.63) is 71.8 Å². The molecule has 0 bridgehead atoms. The molecule has 21 heavy (non-hydrogen) atoms. The molecule has 2 unspecified atom stereocenters. The van der Waals surface area contributed by atoms with Crippen LogP contribution in [0.15, 0.2) is 60.7 Å². The van der Waals surface area contributed by atoms with Gasteiger partial charge in [-0.05, 0) is 0 Å². The zero-order valence-electron chi connectivity index (χ0n) is 12.2. The average molecular weight is 345 g/mol. The number of hydrogen-bond donors (Lipinski definition) is 0. The molecule has 0 heterocycles. The van der Waals surface area contributed by atoms with Gasteiger partial charge in [-0.15, -0.1) is 0 Å². The molecule has 2 rings (SSSR count). The Hall–Kier alpha value is -1.70. The van der Waals surface area contributed by atoms with E-state index in [1.54, 1.807) is 0 Å². The number of carbonyl (C=O) groups is 2. The molecule has 0 fully saturated rings. The van der Waals surface area contributed by atoms with E-state index in [-0.39, 0.29) is 36.2 Å². The molecule has 0 aliphatic rings. The van der Waals surface area contributed by atoms with Crippen LogP contribution in [0.4, 0.5) is 0 Å². The van der Waals surface area contributed by atoms with E-state index in [1.807, 2.05) is 74.5 Å². The van der Waals surface area contributed by atoms with Gasteiger partial charge in [-0.3, -0.25) is 0 Å². The van der Waals surface area contributed by atoms with E-state index in [9.17, 15) is 9.59 Å². The van der Waals surface area contributed by atoms with Crippen molar-refractivity contribution in [2.75, 3.05) is 0 Å². The molecule has 0 saturated carbocycles. The third-order valence-corrected chi connectivity index (χ3v) is 5.87. The van der Waals surface area contributed by atoms with E-state index in [1.165, 1.54) is 0 Å². The van der Waals surface area contributed by atoms with Crippen LogP contribution in [0.3, 0.4) is 0 Å². The molecule has 0 aromatic heterocycles. The normalized spacial score (nSPS) is 13.4. The molecule has 0 amide bonds. The second-order valence-corrected chi connectivity index (χ2v) is 8.42. The van der Waals surface area contributed by atoms with Crippen LogP contribution in [-0.4, -0.2) is 26.5 Å². The van der Waals surface area contributed by atoms with Gasteiger partial charge in [0.05, 0.1) is 0 Å². The Balaban J connectivity index is 2.01. The first-order chi connectivity index (χ1) is 10.1. The van der Waals surface area contributed by atoms with Gasteiger partial charge in [0.2, 0.25) is 0 Å². The zero-order chi connectivity index (χ0) is 15.2. The van der Waals surface area contributed by atoms with Gasteiger partial charge in [-0.25, -0.2) is 0 Å². The van der Waals surface area contributed by atoms with Crippen molar-refractivity contribution in [3.63, 3.8) is 0 Å². The van der Waals surface area contributed by atoms with E-state index >= 15 is 0 Å². The van der Waals surface area contributed by atoms with E-state index in [0.717, 1.165) is 11.1 Å². The molecule has 0 radical (unpaired) electrons. The molecule has 2 atom stereocenters. The minimum absolute atomic E-state index is 0.0557. The Bertz CT molecular complexity index is 552. The Labute approximate surface area is 131 Å². The summed E-state index contributed by atoms with van der Waals surface area (Å²) >= 11 is -0.0557. The molecule has 3 heteroatoms. The molecule has 2 nitrogen and oxygen atoms in total. The van der Waals surface area contributed by atoms with Gasteiger partial charge in [0.25, 0.3) is 0 Å². The molecular weight excluding hydrogens is 327 g/mol. The molecule has 0 saturated heterocycles. The molecule has 0 N–H and O–H groups in total. The van der Waals surface area contributed by atoms with Gasteiger partial charge in [0, 0.05) is 0 Å². The molecule has 2 aromatic carbocycles. The van der Waals surface area contributed by atoms with Gasteiger partial charge in [0.1, 0.15) is 0 Å². The predicted octanol–water partition coefficient (Wildman–Crippen LogP) is 4.07. The van der Waals surface area contributed by atoms with Crippen LogP contribution in [0.1, 0.15) is 34.6 Å². The second kappa shape index (κ2) is 7.35. The summed E-state index contributed by atoms with van der Waals surface area (Å²) in [5.74, 6) is 0.256. The molecule has 0 aliphatic heterocycles. The fourth-order valence-electron chi connectivity index (χ4n) is 2.10. The van der Waals surface area contributed by atoms with E-state index in [4.69, 9.17) is 0 Å². The summed E-state index contributed by atoms with van der Waals surface area (Å²) in [4.78, 5) is 24.5. The van der Waals surface area contributed by atoms with Crippen LogP contribution >= 0.6 is 0 Å². The maximum atomic E-state index is 12.3. The number of Topliss-reactive ketones (excluding diaryl/α,β-unsaturated/α-hetero) is 2. The predicted molar refractivity (Wildman–Crippen MR) is 86.1 cm³/mol. The van der Waals surface area contributed by atoms with Gasteiger partial charge >= 0.3 is 131 Å². The number of ketones is 2. The Morgan fingerprint density at radius 3 is 1.38 bits per heavy atom. The summed E-state index contributed by atoms with van der Waals surface area (Å²) in [6, 6.07) is 18.6. The van der Waals surface area contributed by atoms with Crippen molar-refractivity contribution in [1.29, 1.82) is 0 Å². The molecule has 2 aromatic rings. The molecule has 108 valence electrons. The molecule has 0 spiro atoms. The first-order valence-corrected chi connectivity index (χ1v) is 8.91. The van der Waals surface area contributed by atoms with Crippen molar-refractivity contribution >= 4 is 26.5 Å². The van der Waals surface area contributed by atoms with Crippen LogP contribution < -0.4 is 0 Å². The van der Waals surface area contributed by atoms with Crippen molar-refractivity contribution in [2.45, 2.75) is 23.5 Å². The third kappa shape index (κ3) is 4.13. The van der Waals surface area contributed by atoms with Crippen LogP contribution in [0.5, 0.6) is 0 Å². The first-order valence-electron chi connectivity index (χ1n) is 6.93. The topological polar surface area (TPSA) is 34.1 Å². The third-order valence-electron chi connectivity index (χ3n) is 3.26. The number of rotatable bonds is 6. The standard InChI is InChI=1S/C18H18O2Se/c1-13(17(19)15-9-5-3-6-10-15)21-14(2)18(20)16-11-7-4-8-12-16/h3-14H,1-2H3. The van der Waals surface area contributed by atoms with Gasteiger partial charge in [0.15, 0.2) is 0 Å². The molecule has 0 aliphatic carbocycles. The number of carbonyl (C=O) groups excluding carboxylic acids is 2. The number of hydrogen-bond acceptors (Lipinski definition) is 2. The zero-order valence-corrected chi connectivity index (χ0v) is 13.9. The fraction of sp³-hybridized carbons (Fsp3) is 0.222. The van der Waals surface area contributed by atoms with Gasteiger partial charge < -0.3 is 0 Å². The van der Waals surface area contributed by atoms with E-state index in [2.05, 4.69) is 0 Å². The average Bonchev–Trinajstić information content (AvgIpc) is 2.55. The van der Waals surface area contributed by atoms with Crippen LogP contribution in [0, 0.1) is 0 Å². The van der Waals surface area contributed by atoms with Crippen molar-refractivity contribution in [2.24, 2.45) is 0 Å². The number of benzene rings is 2.